The number of hydrogen-bond donors (Lipinski definition) is 1. The zero-order chi connectivity index (χ0) is 12.0. The van der Waals surface area contributed by atoms with E-state index in [1.807, 2.05) is 32.2 Å². The van der Waals surface area contributed by atoms with Crippen molar-refractivity contribution in [3.8, 4) is 0 Å². The summed E-state index contributed by atoms with van der Waals surface area (Å²) in [5.74, 6) is 0. The van der Waals surface area contributed by atoms with E-state index >= 15 is 0 Å². The molecule has 2 N–H and O–H groups in total. The number of nitrogens with two attached hydrogens (primary N) is 1. The van der Waals surface area contributed by atoms with Crippen molar-refractivity contribution in [2.75, 3.05) is 27.3 Å². The second-order valence-corrected chi connectivity index (χ2v) is 4.18. The summed E-state index contributed by atoms with van der Waals surface area (Å²) in [6.45, 7) is 4.22. The second-order valence-electron chi connectivity index (χ2n) is 4.18. The summed E-state index contributed by atoms with van der Waals surface area (Å²) in [5.41, 5.74) is 8.01. The van der Waals surface area contributed by atoms with Gasteiger partial charge in [0, 0.05) is 31.9 Å². The summed E-state index contributed by atoms with van der Waals surface area (Å²) < 4.78 is 5.01. The predicted octanol–water partition coefficient (Wildman–Crippen LogP) is 0.796. The van der Waals surface area contributed by atoms with Crippen LogP contribution in [-0.2, 0) is 11.3 Å². The zero-order valence-electron chi connectivity index (χ0n) is 10.3. The summed E-state index contributed by atoms with van der Waals surface area (Å²) in [7, 11) is 3.71. The number of pyridine rings is 1. The third-order valence-electron chi connectivity index (χ3n) is 2.30. The van der Waals surface area contributed by atoms with Gasteiger partial charge in [-0.2, -0.15) is 0 Å². The molecule has 4 nitrogen and oxygen atoms in total. The summed E-state index contributed by atoms with van der Waals surface area (Å²) in [6, 6.07) is 6.12. The molecule has 0 aromatic carbocycles. The fourth-order valence-corrected chi connectivity index (χ4v) is 1.70. The minimum Gasteiger partial charge on any atom is -0.383 e. The smallest absolute Gasteiger partial charge is 0.0626 e. The first-order valence-corrected chi connectivity index (χ1v) is 5.47. The highest BCUT2D eigenvalue weighted by Crippen LogP contribution is 2.02. The molecule has 1 unspecified atom stereocenters. The molecule has 1 heterocycles. The molecule has 1 aromatic heterocycles. The summed E-state index contributed by atoms with van der Waals surface area (Å²) in [5, 5.41) is 0. The Morgan fingerprint density at radius 3 is 2.88 bits per heavy atom. The van der Waals surface area contributed by atoms with Gasteiger partial charge in [0.25, 0.3) is 0 Å². The first kappa shape index (κ1) is 13.1. The lowest BCUT2D eigenvalue weighted by molar-refractivity contribution is 0.159. The minimum atomic E-state index is 0.0554. The monoisotopic (exact) mass is 223 g/mol. The average molecular weight is 223 g/mol. The van der Waals surface area contributed by atoms with Crippen molar-refractivity contribution in [1.29, 1.82) is 0 Å². The van der Waals surface area contributed by atoms with Crippen LogP contribution in [0.1, 0.15) is 11.4 Å². The van der Waals surface area contributed by atoms with Crippen molar-refractivity contribution in [3.05, 3.63) is 29.6 Å². The maximum Gasteiger partial charge on any atom is 0.0626 e. The topological polar surface area (TPSA) is 51.4 Å². The van der Waals surface area contributed by atoms with E-state index in [1.165, 1.54) is 0 Å². The lowest BCUT2D eigenvalue weighted by atomic mass is 10.2. The maximum absolute atomic E-state index is 5.88. The molecule has 90 valence electrons. The minimum absolute atomic E-state index is 0.0554. The quantitative estimate of drug-likeness (QED) is 0.775. The molecule has 0 aliphatic heterocycles. The van der Waals surface area contributed by atoms with E-state index in [-0.39, 0.29) is 6.04 Å². The third kappa shape index (κ3) is 4.70. The molecular formula is C12H21N3O. The largest absolute Gasteiger partial charge is 0.383 e. The van der Waals surface area contributed by atoms with Crippen molar-refractivity contribution < 1.29 is 4.74 Å². The molecule has 4 heteroatoms. The normalized spacial score (nSPS) is 13.1. The highest BCUT2D eigenvalue weighted by Gasteiger charge is 2.07. The molecule has 0 bridgehead atoms. The number of aromatic nitrogens is 1. The van der Waals surface area contributed by atoms with Crippen LogP contribution in [0.15, 0.2) is 18.2 Å². The van der Waals surface area contributed by atoms with Gasteiger partial charge in [-0.15, -0.1) is 0 Å². The number of aryl methyl sites for hydroxylation is 1. The molecule has 0 saturated carbocycles. The van der Waals surface area contributed by atoms with Crippen molar-refractivity contribution >= 4 is 0 Å². The molecule has 1 aromatic rings. The Balaban J connectivity index is 2.42. The number of rotatable bonds is 6. The number of ether oxygens (including phenoxy) is 1. The molecule has 1 rings (SSSR count). The number of likely N-dealkylation sites (N-methyl/N-ethyl adjacent to an activating group) is 1. The van der Waals surface area contributed by atoms with E-state index in [2.05, 4.69) is 9.88 Å². The van der Waals surface area contributed by atoms with E-state index in [0.29, 0.717) is 6.61 Å². The second kappa shape index (κ2) is 6.58. The Labute approximate surface area is 97.4 Å². The molecule has 0 amide bonds. The Hall–Kier alpha value is -0.970. The van der Waals surface area contributed by atoms with Gasteiger partial charge in [0.2, 0.25) is 0 Å². The van der Waals surface area contributed by atoms with Crippen molar-refractivity contribution in [3.63, 3.8) is 0 Å². The van der Waals surface area contributed by atoms with Crippen LogP contribution in [-0.4, -0.2) is 43.2 Å². The Morgan fingerprint density at radius 1 is 1.50 bits per heavy atom. The number of hydrogen-bond acceptors (Lipinski definition) is 4. The van der Waals surface area contributed by atoms with Crippen LogP contribution in [0.5, 0.6) is 0 Å². The lowest BCUT2D eigenvalue weighted by Gasteiger charge is -2.20. The van der Waals surface area contributed by atoms with Crippen LogP contribution < -0.4 is 5.73 Å². The first-order valence-electron chi connectivity index (χ1n) is 5.47. The van der Waals surface area contributed by atoms with E-state index in [0.717, 1.165) is 24.5 Å². The fourth-order valence-electron chi connectivity index (χ4n) is 1.70. The van der Waals surface area contributed by atoms with E-state index in [1.54, 1.807) is 7.11 Å². The Morgan fingerprint density at radius 2 is 2.25 bits per heavy atom. The van der Waals surface area contributed by atoms with Gasteiger partial charge < -0.3 is 10.5 Å². The SMILES string of the molecule is COCC(N)CN(C)Cc1cccc(C)n1. The van der Waals surface area contributed by atoms with Gasteiger partial charge in [-0.1, -0.05) is 6.07 Å². The van der Waals surface area contributed by atoms with Gasteiger partial charge in [0.05, 0.1) is 12.3 Å². The van der Waals surface area contributed by atoms with Gasteiger partial charge in [-0.3, -0.25) is 9.88 Å². The van der Waals surface area contributed by atoms with Crippen molar-refractivity contribution in [2.24, 2.45) is 5.73 Å². The van der Waals surface area contributed by atoms with Crippen LogP contribution in [0.3, 0.4) is 0 Å². The van der Waals surface area contributed by atoms with E-state index < -0.39 is 0 Å². The van der Waals surface area contributed by atoms with E-state index in [9.17, 15) is 0 Å². The molecule has 0 aliphatic rings. The highest BCUT2D eigenvalue weighted by molar-refractivity contribution is 5.09. The molecule has 0 spiro atoms. The number of methoxy groups -OCH3 is 1. The summed E-state index contributed by atoms with van der Waals surface area (Å²) in [4.78, 5) is 6.61. The molecule has 0 aliphatic carbocycles. The molecule has 1 atom stereocenters. The molecule has 0 saturated heterocycles. The Kier molecular flexibility index (Phi) is 5.38. The van der Waals surface area contributed by atoms with Gasteiger partial charge in [0.1, 0.15) is 0 Å². The molecule has 0 radical (unpaired) electrons. The highest BCUT2D eigenvalue weighted by atomic mass is 16.5. The maximum atomic E-state index is 5.88. The van der Waals surface area contributed by atoms with Crippen LogP contribution in [0.4, 0.5) is 0 Å². The van der Waals surface area contributed by atoms with Crippen LogP contribution in [0.25, 0.3) is 0 Å². The first-order chi connectivity index (χ1) is 7.61. The Bertz CT molecular complexity index is 317. The summed E-state index contributed by atoms with van der Waals surface area (Å²) >= 11 is 0. The van der Waals surface area contributed by atoms with Crippen LogP contribution >= 0.6 is 0 Å². The van der Waals surface area contributed by atoms with Crippen LogP contribution in [0.2, 0.25) is 0 Å². The standard InChI is InChI=1S/C12H21N3O/c1-10-5-4-6-12(14-10)8-15(2)7-11(13)9-16-3/h4-6,11H,7-9,13H2,1-3H3. The molecule has 16 heavy (non-hydrogen) atoms. The predicted molar refractivity (Wildman–Crippen MR) is 65.2 cm³/mol. The fraction of sp³-hybridized carbons (Fsp3) is 0.583. The van der Waals surface area contributed by atoms with Gasteiger partial charge in [-0.05, 0) is 26.1 Å². The summed E-state index contributed by atoms with van der Waals surface area (Å²) in [6.07, 6.45) is 0. The van der Waals surface area contributed by atoms with Crippen LogP contribution in [0, 0.1) is 6.92 Å². The number of nitrogens with zero attached hydrogens (tertiary/aromatic N) is 2. The molecule has 0 fully saturated rings. The molecular weight excluding hydrogens is 202 g/mol. The average Bonchev–Trinajstić information content (AvgIpc) is 2.17. The van der Waals surface area contributed by atoms with Gasteiger partial charge in [-0.25, -0.2) is 0 Å². The van der Waals surface area contributed by atoms with Gasteiger partial charge in [0.15, 0.2) is 0 Å². The van der Waals surface area contributed by atoms with E-state index in [4.69, 9.17) is 10.5 Å². The van der Waals surface area contributed by atoms with Crippen molar-refractivity contribution in [1.82, 2.24) is 9.88 Å². The third-order valence-corrected chi connectivity index (χ3v) is 2.30. The zero-order valence-corrected chi connectivity index (χ0v) is 10.3. The van der Waals surface area contributed by atoms with Gasteiger partial charge >= 0.3 is 0 Å². The van der Waals surface area contributed by atoms with Crippen molar-refractivity contribution in [2.45, 2.75) is 19.5 Å². The lowest BCUT2D eigenvalue weighted by Crippen LogP contribution is -2.38.